The molecular formula is C26H30N4O. The van der Waals surface area contributed by atoms with Crippen molar-refractivity contribution in [1.82, 2.24) is 15.2 Å². The van der Waals surface area contributed by atoms with Crippen LogP contribution in [0.2, 0.25) is 0 Å². The highest BCUT2D eigenvalue weighted by Crippen LogP contribution is 2.24. The van der Waals surface area contributed by atoms with Crippen LogP contribution in [0.25, 0.3) is 11.1 Å². The minimum atomic E-state index is -0.0945. The van der Waals surface area contributed by atoms with Gasteiger partial charge in [-0.15, -0.1) is 0 Å². The molecule has 1 saturated heterocycles. The van der Waals surface area contributed by atoms with Crippen LogP contribution in [0.3, 0.4) is 0 Å². The first-order valence-electron chi connectivity index (χ1n) is 11.0. The van der Waals surface area contributed by atoms with Crippen LogP contribution in [0.1, 0.15) is 30.4 Å². The second-order valence-corrected chi connectivity index (χ2v) is 8.11. The predicted octanol–water partition coefficient (Wildman–Crippen LogP) is 5.08. The minimum Gasteiger partial charge on any atom is -0.357 e. The number of anilines is 1. The van der Waals surface area contributed by atoms with Gasteiger partial charge in [0.25, 0.3) is 0 Å². The van der Waals surface area contributed by atoms with Gasteiger partial charge in [-0.25, -0.2) is 9.78 Å². The molecule has 0 saturated carbocycles. The SMILES string of the molecule is CN(Cc1ccccc1-c1ccccc1)C(=O)NCc1ccc(N2CCCCC2)nc1. The number of nitrogens with zero attached hydrogens (tertiary/aromatic N) is 3. The third kappa shape index (κ3) is 5.43. The van der Waals surface area contributed by atoms with Crippen molar-refractivity contribution < 1.29 is 4.79 Å². The normalized spacial score (nSPS) is 13.6. The number of aromatic nitrogens is 1. The number of carbonyl (C=O) groups excluding carboxylic acids is 1. The molecule has 2 heterocycles. The lowest BCUT2D eigenvalue weighted by Crippen LogP contribution is -2.36. The first-order valence-corrected chi connectivity index (χ1v) is 11.0. The third-order valence-corrected chi connectivity index (χ3v) is 5.79. The van der Waals surface area contributed by atoms with E-state index in [9.17, 15) is 4.79 Å². The lowest BCUT2D eigenvalue weighted by Gasteiger charge is -2.27. The summed E-state index contributed by atoms with van der Waals surface area (Å²) < 4.78 is 0. The Morgan fingerprint density at radius 2 is 1.71 bits per heavy atom. The molecule has 0 spiro atoms. The monoisotopic (exact) mass is 414 g/mol. The largest absolute Gasteiger partial charge is 0.357 e. The molecule has 1 aromatic heterocycles. The second kappa shape index (κ2) is 10.1. The average molecular weight is 415 g/mol. The van der Waals surface area contributed by atoms with E-state index in [1.807, 2.05) is 43.6 Å². The van der Waals surface area contributed by atoms with E-state index in [4.69, 9.17) is 0 Å². The van der Waals surface area contributed by atoms with Crippen molar-refractivity contribution in [3.8, 4) is 11.1 Å². The maximum Gasteiger partial charge on any atom is 0.317 e. The molecule has 3 aromatic rings. The highest BCUT2D eigenvalue weighted by atomic mass is 16.2. The molecule has 160 valence electrons. The van der Waals surface area contributed by atoms with Crippen LogP contribution in [0.5, 0.6) is 0 Å². The van der Waals surface area contributed by atoms with Crippen molar-refractivity contribution in [3.63, 3.8) is 0 Å². The van der Waals surface area contributed by atoms with Gasteiger partial charge in [0.05, 0.1) is 0 Å². The maximum absolute atomic E-state index is 12.7. The lowest BCUT2D eigenvalue weighted by atomic mass is 9.99. The van der Waals surface area contributed by atoms with Crippen LogP contribution >= 0.6 is 0 Å². The number of benzene rings is 2. The molecule has 0 atom stereocenters. The quantitative estimate of drug-likeness (QED) is 0.612. The van der Waals surface area contributed by atoms with Crippen LogP contribution in [0.4, 0.5) is 10.6 Å². The number of piperidine rings is 1. The Balaban J connectivity index is 1.33. The first-order chi connectivity index (χ1) is 15.2. The summed E-state index contributed by atoms with van der Waals surface area (Å²) >= 11 is 0. The molecule has 5 nitrogen and oxygen atoms in total. The Hall–Kier alpha value is -3.34. The molecule has 0 aliphatic carbocycles. The number of hydrogen-bond donors (Lipinski definition) is 1. The van der Waals surface area contributed by atoms with Gasteiger partial charge in [-0.1, -0.05) is 60.7 Å². The van der Waals surface area contributed by atoms with Gasteiger partial charge >= 0.3 is 6.03 Å². The van der Waals surface area contributed by atoms with Gasteiger partial charge in [-0.2, -0.15) is 0 Å². The highest BCUT2D eigenvalue weighted by Gasteiger charge is 2.14. The van der Waals surface area contributed by atoms with Gasteiger partial charge in [-0.05, 0) is 47.6 Å². The van der Waals surface area contributed by atoms with E-state index in [1.165, 1.54) is 19.3 Å². The fourth-order valence-electron chi connectivity index (χ4n) is 4.03. The molecule has 2 amide bonds. The third-order valence-electron chi connectivity index (χ3n) is 5.79. The van der Waals surface area contributed by atoms with Gasteiger partial charge < -0.3 is 15.1 Å². The Morgan fingerprint density at radius 3 is 2.45 bits per heavy atom. The molecule has 1 aliphatic rings. The van der Waals surface area contributed by atoms with Crippen molar-refractivity contribution in [1.29, 1.82) is 0 Å². The van der Waals surface area contributed by atoms with Gasteiger partial charge in [-0.3, -0.25) is 0 Å². The summed E-state index contributed by atoms with van der Waals surface area (Å²) in [6.07, 6.45) is 5.65. The lowest BCUT2D eigenvalue weighted by molar-refractivity contribution is 0.206. The van der Waals surface area contributed by atoms with Crippen molar-refractivity contribution in [3.05, 3.63) is 84.1 Å². The summed E-state index contributed by atoms with van der Waals surface area (Å²) in [4.78, 5) is 21.3. The topological polar surface area (TPSA) is 48.5 Å². The molecule has 31 heavy (non-hydrogen) atoms. The van der Waals surface area contributed by atoms with Gasteiger partial charge in [0.1, 0.15) is 5.82 Å². The van der Waals surface area contributed by atoms with Crippen LogP contribution in [-0.2, 0) is 13.1 Å². The molecule has 1 N–H and O–H groups in total. The van der Waals surface area contributed by atoms with Crippen LogP contribution in [0.15, 0.2) is 72.9 Å². The van der Waals surface area contributed by atoms with Crippen LogP contribution < -0.4 is 10.2 Å². The van der Waals surface area contributed by atoms with Crippen molar-refractivity contribution in [2.45, 2.75) is 32.4 Å². The molecule has 5 heteroatoms. The number of pyridine rings is 1. The first kappa shape index (κ1) is 20.9. The Labute approximate surface area is 184 Å². The fourth-order valence-corrected chi connectivity index (χ4v) is 4.03. The zero-order valence-corrected chi connectivity index (χ0v) is 18.1. The molecule has 0 bridgehead atoms. The Kier molecular flexibility index (Phi) is 6.82. The van der Waals surface area contributed by atoms with Crippen molar-refractivity contribution in [2.24, 2.45) is 0 Å². The summed E-state index contributed by atoms with van der Waals surface area (Å²) in [7, 11) is 1.83. The average Bonchev–Trinajstić information content (AvgIpc) is 2.84. The number of carbonyl (C=O) groups is 1. The zero-order chi connectivity index (χ0) is 21.5. The number of nitrogens with one attached hydrogen (secondary N) is 1. The van der Waals surface area contributed by atoms with E-state index in [-0.39, 0.29) is 6.03 Å². The molecule has 2 aromatic carbocycles. The molecule has 1 fully saturated rings. The standard InChI is InChI=1S/C26H30N4O/c1-29(20-23-12-6-7-13-24(23)22-10-4-2-5-11-22)26(31)28-19-21-14-15-25(27-18-21)30-16-8-3-9-17-30/h2,4-7,10-15,18H,3,8-9,16-17,19-20H2,1H3,(H,28,31). The number of urea groups is 1. The molecule has 0 radical (unpaired) electrons. The summed E-state index contributed by atoms with van der Waals surface area (Å²) in [5.74, 6) is 1.03. The van der Waals surface area contributed by atoms with Gasteiger partial charge in [0, 0.05) is 39.4 Å². The number of rotatable bonds is 6. The Bertz CT molecular complexity index is 982. The van der Waals surface area contributed by atoms with E-state index in [0.29, 0.717) is 13.1 Å². The smallest absolute Gasteiger partial charge is 0.317 e. The van der Waals surface area contributed by atoms with Crippen LogP contribution in [0, 0.1) is 0 Å². The van der Waals surface area contributed by atoms with E-state index in [1.54, 1.807) is 4.90 Å². The minimum absolute atomic E-state index is 0.0945. The highest BCUT2D eigenvalue weighted by molar-refractivity contribution is 5.75. The second-order valence-electron chi connectivity index (χ2n) is 8.11. The van der Waals surface area contributed by atoms with Gasteiger partial charge in [0.2, 0.25) is 0 Å². The van der Waals surface area contributed by atoms with Gasteiger partial charge in [0.15, 0.2) is 0 Å². The molecule has 0 unspecified atom stereocenters. The predicted molar refractivity (Wildman–Crippen MR) is 126 cm³/mol. The Morgan fingerprint density at radius 1 is 0.968 bits per heavy atom. The summed E-state index contributed by atoms with van der Waals surface area (Å²) in [5, 5.41) is 3.01. The number of amides is 2. The van der Waals surface area contributed by atoms with E-state index in [0.717, 1.165) is 41.2 Å². The molecular weight excluding hydrogens is 384 g/mol. The van der Waals surface area contributed by atoms with E-state index < -0.39 is 0 Å². The summed E-state index contributed by atoms with van der Waals surface area (Å²) in [6, 6.07) is 22.5. The fraction of sp³-hybridized carbons (Fsp3) is 0.308. The van der Waals surface area contributed by atoms with Crippen molar-refractivity contribution >= 4 is 11.8 Å². The number of hydrogen-bond acceptors (Lipinski definition) is 3. The summed E-state index contributed by atoms with van der Waals surface area (Å²) in [5.41, 5.74) is 4.44. The zero-order valence-electron chi connectivity index (χ0n) is 18.1. The maximum atomic E-state index is 12.7. The summed E-state index contributed by atoms with van der Waals surface area (Å²) in [6.45, 7) is 3.18. The van der Waals surface area contributed by atoms with Crippen LogP contribution in [-0.4, -0.2) is 36.1 Å². The molecule has 4 rings (SSSR count). The molecule has 1 aliphatic heterocycles. The van der Waals surface area contributed by atoms with E-state index >= 15 is 0 Å². The van der Waals surface area contributed by atoms with E-state index in [2.05, 4.69) is 51.6 Å². The van der Waals surface area contributed by atoms with Crippen molar-refractivity contribution in [2.75, 3.05) is 25.0 Å².